The highest BCUT2D eigenvalue weighted by Crippen LogP contribution is 2.33. The smallest absolute Gasteiger partial charge is 0.0953 e. The van der Waals surface area contributed by atoms with Crippen LogP contribution < -0.4 is 5.73 Å². The Labute approximate surface area is 80.9 Å². The molecular weight excluding hydrogens is 186 g/mol. The standard InChI is InChI=1S/C8H13N3OS/c9-8(7-5-13-11-10-7)3-1-6(12)2-4-8/h5-6,12H,1-4,9H2. The van der Waals surface area contributed by atoms with E-state index >= 15 is 0 Å². The number of aromatic nitrogens is 2. The van der Waals surface area contributed by atoms with Crippen LogP contribution >= 0.6 is 11.5 Å². The average molecular weight is 199 g/mol. The van der Waals surface area contributed by atoms with E-state index in [-0.39, 0.29) is 11.6 Å². The Morgan fingerprint density at radius 2 is 2.23 bits per heavy atom. The zero-order valence-electron chi connectivity index (χ0n) is 7.31. The van der Waals surface area contributed by atoms with Gasteiger partial charge in [0.2, 0.25) is 0 Å². The quantitative estimate of drug-likeness (QED) is 0.695. The van der Waals surface area contributed by atoms with Gasteiger partial charge in [0.15, 0.2) is 0 Å². The summed E-state index contributed by atoms with van der Waals surface area (Å²) < 4.78 is 3.81. The summed E-state index contributed by atoms with van der Waals surface area (Å²) >= 11 is 1.33. The van der Waals surface area contributed by atoms with E-state index in [0.717, 1.165) is 31.4 Å². The Hall–Kier alpha value is -0.520. The van der Waals surface area contributed by atoms with Crippen molar-refractivity contribution in [2.24, 2.45) is 5.73 Å². The minimum atomic E-state index is -0.341. The van der Waals surface area contributed by atoms with Gasteiger partial charge in [0.25, 0.3) is 0 Å². The Bertz CT molecular complexity index is 267. The fraction of sp³-hybridized carbons (Fsp3) is 0.750. The van der Waals surface area contributed by atoms with Crippen LogP contribution in [0.25, 0.3) is 0 Å². The summed E-state index contributed by atoms with van der Waals surface area (Å²) in [5.74, 6) is 0. The van der Waals surface area contributed by atoms with E-state index < -0.39 is 0 Å². The molecule has 1 aromatic rings. The molecule has 0 saturated heterocycles. The Morgan fingerprint density at radius 3 is 2.77 bits per heavy atom. The molecule has 1 fully saturated rings. The molecule has 2 rings (SSSR count). The molecule has 0 spiro atoms. The predicted octanol–water partition coefficient (Wildman–Crippen LogP) is 0.627. The van der Waals surface area contributed by atoms with Gasteiger partial charge in [-0.1, -0.05) is 4.49 Å². The second-order valence-corrected chi connectivity index (χ2v) is 4.29. The lowest BCUT2D eigenvalue weighted by Gasteiger charge is -2.33. The molecule has 0 unspecified atom stereocenters. The lowest BCUT2D eigenvalue weighted by atomic mass is 9.79. The molecule has 1 aliphatic rings. The van der Waals surface area contributed by atoms with Gasteiger partial charge in [-0.25, -0.2) is 0 Å². The van der Waals surface area contributed by atoms with E-state index in [9.17, 15) is 5.11 Å². The van der Waals surface area contributed by atoms with Gasteiger partial charge < -0.3 is 10.8 Å². The van der Waals surface area contributed by atoms with Crippen LogP contribution in [0.1, 0.15) is 31.4 Å². The summed E-state index contributed by atoms with van der Waals surface area (Å²) in [5, 5.41) is 15.2. The average Bonchev–Trinajstić information content (AvgIpc) is 2.63. The molecule has 1 saturated carbocycles. The second kappa shape index (κ2) is 3.32. The largest absolute Gasteiger partial charge is 0.393 e. The van der Waals surface area contributed by atoms with Crippen molar-refractivity contribution in [1.29, 1.82) is 0 Å². The molecule has 0 bridgehead atoms. The molecule has 4 nitrogen and oxygen atoms in total. The van der Waals surface area contributed by atoms with Gasteiger partial charge in [0.05, 0.1) is 17.3 Å². The molecule has 72 valence electrons. The van der Waals surface area contributed by atoms with Crippen molar-refractivity contribution in [2.45, 2.75) is 37.3 Å². The summed E-state index contributed by atoms with van der Waals surface area (Å²) in [7, 11) is 0. The van der Waals surface area contributed by atoms with Gasteiger partial charge in [-0.15, -0.1) is 5.10 Å². The van der Waals surface area contributed by atoms with Crippen LogP contribution in [0.5, 0.6) is 0 Å². The maximum Gasteiger partial charge on any atom is 0.0953 e. The molecule has 0 radical (unpaired) electrons. The molecule has 1 aromatic heterocycles. The predicted molar refractivity (Wildman–Crippen MR) is 50.2 cm³/mol. The van der Waals surface area contributed by atoms with Gasteiger partial charge in [-0.3, -0.25) is 0 Å². The summed E-state index contributed by atoms with van der Waals surface area (Å²) in [5.41, 5.74) is 6.72. The van der Waals surface area contributed by atoms with Crippen molar-refractivity contribution in [3.8, 4) is 0 Å². The third kappa shape index (κ3) is 1.72. The first kappa shape index (κ1) is 9.05. The van der Waals surface area contributed by atoms with Crippen LogP contribution in [0.2, 0.25) is 0 Å². The van der Waals surface area contributed by atoms with E-state index in [1.807, 2.05) is 5.38 Å². The maximum atomic E-state index is 9.35. The second-order valence-electron chi connectivity index (χ2n) is 3.68. The van der Waals surface area contributed by atoms with E-state index in [1.54, 1.807) is 0 Å². The van der Waals surface area contributed by atoms with Gasteiger partial charge in [0, 0.05) is 5.38 Å². The molecule has 5 heteroatoms. The lowest BCUT2D eigenvalue weighted by Crippen LogP contribution is -2.41. The van der Waals surface area contributed by atoms with Crippen molar-refractivity contribution in [2.75, 3.05) is 0 Å². The van der Waals surface area contributed by atoms with Crippen LogP contribution in [0.3, 0.4) is 0 Å². The van der Waals surface area contributed by atoms with E-state index in [4.69, 9.17) is 5.73 Å². The maximum absolute atomic E-state index is 9.35. The third-order valence-corrected chi connectivity index (χ3v) is 3.22. The van der Waals surface area contributed by atoms with E-state index in [1.165, 1.54) is 11.5 Å². The first-order valence-electron chi connectivity index (χ1n) is 4.45. The summed E-state index contributed by atoms with van der Waals surface area (Å²) in [6.07, 6.45) is 2.98. The van der Waals surface area contributed by atoms with Gasteiger partial charge >= 0.3 is 0 Å². The summed E-state index contributed by atoms with van der Waals surface area (Å²) in [6, 6.07) is 0. The zero-order valence-corrected chi connectivity index (χ0v) is 8.13. The zero-order chi connectivity index (χ0) is 9.31. The van der Waals surface area contributed by atoms with Crippen LogP contribution in [0.4, 0.5) is 0 Å². The summed E-state index contributed by atoms with van der Waals surface area (Å²) in [4.78, 5) is 0. The highest BCUT2D eigenvalue weighted by Gasteiger charge is 2.34. The van der Waals surface area contributed by atoms with Crippen molar-refractivity contribution in [1.82, 2.24) is 9.59 Å². The molecule has 1 heterocycles. The van der Waals surface area contributed by atoms with Crippen molar-refractivity contribution >= 4 is 11.5 Å². The SMILES string of the molecule is NC1(c2csnn2)CCC(O)CC1. The number of hydrogen-bond donors (Lipinski definition) is 2. The lowest BCUT2D eigenvalue weighted by molar-refractivity contribution is 0.0956. The molecule has 0 aromatic carbocycles. The normalized spacial score (nSPS) is 34.8. The third-order valence-electron chi connectivity index (χ3n) is 2.72. The van der Waals surface area contributed by atoms with Crippen molar-refractivity contribution in [3.05, 3.63) is 11.1 Å². The number of aliphatic hydroxyl groups is 1. The van der Waals surface area contributed by atoms with E-state index in [0.29, 0.717) is 0 Å². The molecule has 0 atom stereocenters. The van der Waals surface area contributed by atoms with Crippen LogP contribution in [-0.2, 0) is 5.54 Å². The number of aliphatic hydroxyl groups excluding tert-OH is 1. The van der Waals surface area contributed by atoms with Gasteiger partial charge in [-0.05, 0) is 37.2 Å². The Morgan fingerprint density at radius 1 is 1.54 bits per heavy atom. The monoisotopic (exact) mass is 199 g/mol. The molecule has 0 amide bonds. The minimum absolute atomic E-state index is 0.178. The molecule has 0 aliphatic heterocycles. The summed E-state index contributed by atoms with van der Waals surface area (Å²) in [6.45, 7) is 0. The Kier molecular flexibility index (Phi) is 2.31. The number of nitrogens with zero attached hydrogens (tertiary/aromatic N) is 2. The Balaban J connectivity index is 2.13. The molecule has 1 aliphatic carbocycles. The van der Waals surface area contributed by atoms with Crippen molar-refractivity contribution < 1.29 is 5.11 Å². The molecule has 13 heavy (non-hydrogen) atoms. The van der Waals surface area contributed by atoms with Crippen LogP contribution in [-0.4, -0.2) is 20.8 Å². The molecule has 3 N–H and O–H groups in total. The topological polar surface area (TPSA) is 72.0 Å². The highest BCUT2D eigenvalue weighted by molar-refractivity contribution is 7.03. The van der Waals surface area contributed by atoms with E-state index in [2.05, 4.69) is 9.59 Å². The van der Waals surface area contributed by atoms with Crippen molar-refractivity contribution in [3.63, 3.8) is 0 Å². The fourth-order valence-corrected chi connectivity index (χ4v) is 2.32. The van der Waals surface area contributed by atoms with Crippen LogP contribution in [0, 0.1) is 0 Å². The van der Waals surface area contributed by atoms with Crippen LogP contribution in [0.15, 0.2) is 5.38 Å². The number of rotatable bonds is 1. The number of hydrogen-bond acceptors (Lipinski definition) is 5. The molecular formula is C8H13N3OS. The van der Waals surface area contributed by atoms with Gasteiger partial charge in [-0.2, -0.15) is 0 Å². The number of nitrogens with two attached hydrogens (primary N) is 1. The van der Waals surface area contributed by atoms with Gasteiger partial charge in [0.1, 0.15) is 0 Å². The fourth-order valence-electron chi connectivity index (χ4n) is 1.76. The first-order chi connectivity index (χ1) is 6.21. The minimum Gasteiger partial charge on any atom is -0.393 e. The first-order valence-corrected chi connectivity index (χ1v) is 5.29. The highest BCUT2D eigenvalue weighted by atomic mass is 32.1.